The highest BCUT2D eigenvalue weighted by Gasteiger charge is 2.16. The topological polar surface area (TPSA) is 93.7 Å². The van der Waals surface area contributed by atoms with E-state index in [1.807, 2.05) is 6.92 Å². The molecule has 0 saturated carbocycles. The van der Waals surface area contributed by atoms with Crippen molar-refractivity contribution in [1.82, 2.24) is 10.0 Å². The number of benzene rings is 1. The van der Waals surface area contributed by atoms with Crippen LogP contribution in [0.3, 0.4) is 0 Å². The van der Waals surface area contributed by atoms with Crippen molar-refractivity contribution in [2.75, 3.05) is 33.4 Å². The maximum absolute atomic E-state index is 12.1. The fourth-order valence-electron chi connectivity index (χ4n) is 1.87. The van der Waals surface area contributed by atoms with E-state index in [9.17, 15) is 13.2 Å². The largest absolute Gasteiger partial charge is 0.482 e. The highest BCUT2D eigenvalue weighted by atomic mass is 35.5. The summed E-state index contributed by atoms with van der Waals surface area (Å²) in [6.45, 7) is 3.20. The van der Waals surface area contributed by atoms with E-state index in [2.05, 4.69) is 10.0 Å². The summed E-state index contributed by atoms with van der Waals surface area (Å²) in [5.41, 5.74) is 0. The van der Waals surface area contributed by atoms with Gasteiger partial charge in [-0.2, -0.15) is 0 Å². The fraction of sp³-hybridized carbons (Fsp3) is 0.562. The molecule has 0 aliphatic heterocycles. The number of nitrogens with one attached hydrogen (secondary N) is 2. The average Bonchev–Trinajstić information content (AvgIpc) is 2.57. The smallest absolute Gasteiger partial charge is 0.257 e. The number of rotatable bonds is 12. The number of unbranched alkanes of at least 4 members (excludes halogenated alkanes) is 1. The average molecular weight is 393 g/mol. The minimum absolute atomic E-state index is 0.0602. The third-order valence-corrected chi connectivity index (χ3v) is 5.00. The van der Waals surface area contributed by atoms with Gasteiger partial charge in [0.25, 0.3) is 5.91 Å². The number of methoxy groups -OCH3 is 1. The number of carbonyl (C=O) groups excluding carboxylic acids is 1. The van der Waals surface area contributed by atoms with Crippen LogP contribution in [0.1, 0.15) is 26.2 Å². The van der Waals surface area contributed by atoms with Gasteiger partial charge in [-0.3, -0.25) is 4.79 Å². The molecular weight excluding hydrogens is 368 g/mol. The Bertz CT molecular complexity index is 652. The molecular formula is C16H25ClN2O5S. The van der Waals surface area contributed by atoms with Crippen LogP contribution in [-0.4, -0.2) is 47.7 Å². The van der Waals surface area contributed by atoms with Gasteiger partial charge >= 0.3 is 0 Å². The molecule has 0 unspecified atom stereocenters. The van der Waals surface area contributed by atoms with Gasteiger partial charge in [0.15, 0.2) is 6.61 Å². The molecule has 0 heterocycles. The van der Waals surface area contributed by atoms with Crippen LogP contribution in [0.4, 0.5) is 0 Å². The summed E-state index contributed by atoms with van der Waals surface area (Å²) in [5, 5.41) is 2.81. The summed E-state index contributed by atoms with van der Waals surface area (Å²) in [4.78, 5) is 11.7. The molecule has 0 radical (unpaired) electrons. The number of amides is 1. The Morgan fingerprint density at radius 1 is 1.24 bits per heavy atom. The summed E-state index contributed by atoms with van der Waals surface area (Å²) in [5.74, 6) is -0.0358. The Morgan fingerprint density at radius 3 is 2.64 bits per heavy atom. The molecule has 1 aromatic carbocycles. The fourth-order valence-corrected chi connectivity index (χ4v) is 3.27. The zero-order chi connectivity index (χ0) is 18.7. The number of hydrogen-bond donors (Lipinski definition) is 2. The lowest BCUT2D eigenvalue weighted by atomic mass is 10.3. The maximum atomic E-state index is 12.1. The van der Waals surface area contributed by atoms with Crippen LogP contribution in [-0.2, 0) is 19.6 Å². The summed E-state index contributed by atoms with van der Waals surface area (Å²) in [6, 6.07) is 4.14. The summed E-state index contributed by atoms with van der Waals surface area (Å²) in [7, 11) is -2.01. The third-order valence-electron chi connectivity index (χ3n) is 3.24. The Morgan fingerprint density at radius 2 is 2.00 bits per heavy atom. The van der Waals surface area contributed by atoms with Crippen molar-refractivity contribution < 1.29 is 22.7 Å². The van der Waals surface area contributed by atoms with E-state index >= 15 is 0 Å². The molecule has 0 bridgehead atoms. The van der Waals surface area contributed by atoms with E-state index in [1.165, 1.54) is 18.2 Å². The minimum atomic E-state index is -3.60. The molecule has 7 nitrogen and oxygen atoms in total. The van der Waals surface area contributed by atoms with Crippen LogP contribution >= 0.6 is 11.6 Å². The number of carbonyl (C=O) groups is 1. The monoisotopic (exact) mass is 392 g/mol. The van der Waals surface area contributed by atoms with Gasteiger partial charge in [-0.05, 0) is 31.0 Å². The molecule has 1 amide bonds. The van der Waals surface area contributed by atoms with Crippen molar-refractivity contribution in [1.29, 1.82) is 0 Å². The lowest BCUT2D eigenvalue weighted by Crippen LogP contribution is -2.30. The second-order valence-corrected chi connectivity index (χ2v) is 7.50. The first-order valence-corrected chi connectivity index (χ1v) is 9.94. The number of ether oxygens (including phenoxy) is 2. The third kappa shape index (κ3) is 8.04. The molecule has 0 atom stereocenters. The zero-order valence-corrected chi connectivity index (χ0v) is 16.1. The molecule has 0 saturated heterocycles. The Labute approximate surface area is 154 Å². The van der Waals surface area contributed by atoms with Gasteiger partial charge in [0.05, 0.1) is 9.92 Å². The predicted molar refractivity (Wildman–Crippen MR) is 96.5 cm³/mol. The first kappa shape index (κ1) is 21.7. The van der Waals surface area contributed by atoms with Gasteiger partial charge in [0.1, 0.15) is 5.75 Å². The summed E-state index contributed by atoms with van der Waals surface area (Å²) in [6.07, 6.45) is 2.36. The molecule has 0 aromatic heterocycles. The molecule has 2 N–H and O–H groups in total. The molecule has 0 fully saturated rings. The van der Waals surface area contributed by atoms with Gasteiger partial charge in [-0.1, -0.05) is 24.9 Å². The highest BCUT2D eigenvalue weighted by molar-refractivity contribution is 7.89. The lowest BCUT2D eigenvalue weighted by Gasteiger charge is -2.11. The number of sulfonamides is 1. The standard InChI is InChI=1S/C16H25ClN2O5S/c1-3-4-9-19-25(21,22)13-6-7-15(14(17)11-13)24-12-16(20)18-8-5-10-23-2/h6-7,11,19H,3-5,8-10,12H2,1-2H3,(H,18,20). The molecule has 0 aliphatic carbocycles. The van der Waals surface area contributed by atoms with E-state index in [4.69, 9.17) is 21.1 Å². The predicted octanol–water partition coefficient (Wildman–Crippen LogP) is 1.95. The van der Waals surface area contributed by atoms with Gasteiger partial charge in [-0.15, -0.1) is 0 Å². The Balaban J connectivity index is 2.56. The van der Waals surface area contributed by atoms with Gasteiger partial charge in [-0.25, -0.2) is 13.1 Å². The molecule has 1 aromatic rings. The molecule has 142 valence electrons. The first-order valence-electron chi connectivity index (χ1n) is 8.08. The summed E-state index contributed by atoms with van der Waals surface area (Å²) < 4.78 is 37.0. The van der Waals surface area contributed by atoms with E-state index in [-0.39, 0.29) is 28.2 Å². The van der Waals surface area contributed by atoms with Crippen molar-refractivity contribution in [3.05, 3.63) is 23.2 Å². The SMILES string of the molecule is CCCCNS(=O)(=O)c1ccc(OCC(=O)NCCCOC)c(Cl)c1. The van der Waals surface area contributed by atoms with Crippen LogP contribution in [0.15, 0.2) is 23.1 Å². The van der Waals surface area contributed by atoms with Gasteiger partial charge < -0.3 is 14.8 Å². The van der Waals surface area contributed by atoms with Crippen molar-refractivity contribution in [3.63, 3.8) is 0 Å². The van der Waals surface area contributed by atoms with Crippen molar-refractivity contribution in [3.8, 4) is 5.75 Å². The van der Waals surface area contributed by atoms with Gasteiger partial charge in [0, 0.05) is 26.8 Å². The maximum Gasteiger partial charge on any atom is 0.257 e. The highest BCUT2D eigenvalue weighted by Crippen LogP contribution is 2.27. The Kier molecular flexibility index (Phi) is 9.81. The van der Waals surface area contributed by atoms with Crippen LogP contribution in [0.25, 0.3) is 0 Å². The second kappa shape index (κ2) is 11.3. The van der Waals surface area contributed by atoms with Crippen LogP contribution in [0.5, 0.6) is 5.75 Å². The van der Waals surface area contributed by atoms with Crippen molar-refractivity contribution in [2.24, 2.45) is 0 Å². The van der Waals surface area contributed by atoms with E-state index in [1.54, 1.807) is 7.11 Å². The van der Waals surface area contributed by atoms with Gasteiger partial charge in [0.2, 0.25) is 10.0 Å². The molecule has 9 heteroatoms. The molecule has 1 rings (SSSR count). The van der Waals surface area contributed by atoms with Crippen molar-refractivity contribution >= 4 is 27.5 Å². The summed E-state index contributed by atoms with van der Waals surface area (Å²) >= 11 is 6.06. The lowest BCUT2D eigenvalue weighted by molar-refractivity contribution is -0.123. The van der Waals surface area contributed by atoms with E-state index < -0.39 is 10.0 Å². The van der Waals surface area contributed by atoms with Crippen LogP contribution < -0.4 is 14.8 Å². The van der Waals surface area contributed by atoms with Crippen LogP contribution in [0.2, 0.25) is 5.02 Å². The number of halogens is 1. The van der Waals surface area contributed by atoms with E-state index in [0.29, 0.717) is 26.1 Å². The second-order valence-electron chi connectivity index (χ2n) is 5.33. The number of hydrogen-bond acceptors (Lipinski definition) is 5. The minimum Gasteiger partial charge on any atom is -0.482 e. The Hall–Kier alpha value is -1.35. The van der Waals surface area contributed by atoms with Crippen LogP contribution in [0, 0.1) is 0 Å². The quantitative estimate of drug-likeness (QED) is 0.530. The van der Waals surface area contributed by atoms with E-state index in [0.717, 1.165) is 12.8 Å². The molecule has 25 heavy (non-hydrogen) atoms. The molecule has 0 spiro atoms. The van der Waals surface area contributed by atoms with Crippen molar-refractivity contribution in [2.45, 2.75) is 31.1 Å². The first-order chi connectivity index (χ1) is 11.9. The molecule has 0 aliphatic rings. The normalized spacial score (nSPS) is 11.3. The zero-order valence-electron chi connectivity index (χ0n) is 14.5.